The monoisotopic (exact) mass is 240 g/mol. The van der Waals surface area contributed by atoms with Crippen LogP contribution < -0.4 is 0 Å². The van der Waals surface area contributed by atoms with Crippen molar-refractivity contribution >= 4 is 17.9 Å². The molecule has 0 fully saturated rings. The molecule has 8 heteroatoms. The van der Waals surface area contributed by atoms with E-state index < -0.39 is 17.9 Å². The lowest BCUT2D eigenvalue weighted by Crippen LogP contribution is -1.96. The number of aliphatic carboxylic acids is 3. The molecule has 16 heavy (non-hydrogen) atoms. The number of aliphatic hydroxyl groups is 2. The van der Waals surface area contributed by atoms with Crippen LogP contribution in [0.2, 0.25) is 0 Å². The molecule has 0 amide bonds. The van der Waals surface area contributed by atoms with E-state index in [1.165, 1.54) is 0 Å². The molecule has 0 saturated heterocycles. The van der Waals surface area contributed by atoms with Crippen LogP contribution in [-0.4, -0.2) is 56.7 Å². The number of carbonyl (C=O) groups is 3. The lowest BCUT2D eigenvalue weighted by atomic mass is 10.5. The molecule has 8 nitrogen and oxygen atoms in total. The van der Waals surface area contributed by atoms with Gasteiger partial charge in [0.1, 0.15) is 0 Å². The average Bonchev–Trinajstić information content (AvgIpc) is 2.02. The first kappa shape index (κ1) is 19.8. The van der Waals surface area contributed by atoms with E-state index in [9.17, 15) is 9.59 Å². The zero-order valence-electron chi connectivity index (χ0n) is 8.79. The molecule has 0 aliphatic heterocycles. The molecule has 0 saturated carbocycles. The van der Waals surface area contributed by atoms with Gasteiger partial charge in [0.15, 0.2) is 0 Å². The smallest absolute Gasteiger partial charge is 0.305 e. The van der Waals surface area contributed by atoms with Crippen molar-refractivity contribution in [2.24, 2.45) is 0 Å². The van der Waals surface area contributed by atoms with Crippen LogP contribution in [0.4, 0.5) is 0 Å². The first-order chi connectivity index (χ1) is 7.27. The van der Waals surface area contributed by atoms with Gasteiger partial charge in [-0.05, 0) is 0 Å². The van der Waals surface area contributed by atoms with Crippen molar-refractivity contribution in [2.75, 3.05) is 13.2 Å². The van der Waals surface area contributed by atoms with Gasteiger partial charge in [-0.2, -0.15) is 0 Å². The second-order valence-corrected chi connectivity index (χ2v) is 2.25. The maximum atomic E-state index is 9.44. The van der Waals surface area contributed by atoms with E-state index in [2.05, 4.69) is 0 Å². The third kappa shape index (κ3) is 84.4. The van der Waals surface area contributed by atoms with Crippen LogP contribution in [-0.2, 0) is 14.4 Å². The third-order valence-corrected chi connectivity index (χ3v) is 0.651. The second kappa shape index (κ2) is 15.8. The summed E-state index contributed by atoms with van der Waals surface area (Å²) >= 11 is 0. The summed E-state index contributed by atoms with van der Waals surface area (Å²) in [6, 6.07) is 0. The highest BCUT2D eigenvalue weighted by Crippen LogP contribution is 1.70. The van der Waals surface area contributed by atoms with E-state index in [0.29, 0.717) is 0 Å². The van der Waals surface area contributed by atoms with Crippen LogP contribution in [0.15, 0.2) is 0 Å². The fourth-order valence-electron chi connectivity index (χ4n) is 0.191. The highest BCUT2D eigenvalue weighted by atomic mass is 16.4. The summed E-state index contributed by atoms with van der Waals surface area (Å²) in [4.78, 5) is 27.9. The summed E-state index contributed by atoms with van der Waals surface area (Å²) in [6.07, 6.45) is -0.306. The van der Waals surface area contributed by atoms with Gasteiger partial charge in [-0.3, -0.25) is 14.4 Å². The summed E-state index contributed by atoms with van der Waals surface area (Å²) in [6.45, 7) is 0.546. The predicted molar refractivity (Wildman–Crippen MR) is 52.0 cm³/mol. The van der Waals surface area contributed by atoms with Crippen molar-refractivity contribution in [3.63, 3.8) is 0 Å². The van der Waals surface area contributed by atoms with Gasteiger partial charge in [-0.25, -0.2) is 0 Å². The van der Waals surface area contributed by atoms with Crippen molar-refractivity contribution in [1.82, 2.24) is 0 Å². The van der Waals surface area contributed by atoms with Gasteiger partial charge < -0.3 is 25.5 Å². The van der Waals surface area contributed by atoms with E-state index in [1.54, 1.807) is 0 Å². The van der Waals surface area contributed by atoms with Gasteiger partial charge in [-0.15, -0.1) is 0 Å². The molecule has 0 bridgehead atoms. The van der Waals surface area contributed by atoms with Crippen molar-refractivity contribution in [2.45, 2.75) is 19.8 Å². The Morgan fingerprint density at radius 2 is 1.00 bits per heavy atom. The Kier molecular flexibility index (Phi) is 19.6. The largest absolute Gasteiger partial charge is 0.481 e. The zero-order chi connectivity index (χ0) is 13.6. The van der Waals surface area contributed by atoms with Crippen molar-refractivity contribution < 1.29 is 39.9 Å². The Labute approximate surface area is 91.8 Å². The van der Waals surface area contributed by atoms with Gasteiger partial charge in [0.05, 0.1) is 26.1 Å². The quantitative estimate of drug-likeness (QED) is 0.419. The van der Waals surface area contributed by atoms with Gasteiger partial charge in [0, 0.05) is 6.92 Å². The molecular formula is C8H16O8. The molecule has 0 aliphatic rings. The molecule has 0 rings (SSSR count). The minimum Gasteiger partial charge on any atom is -0.481 e. The highest BCUT2D eigenvalue weighted by molar-refractivity contribution is 5.66. The van der Waals surface area contributed by atoms with Crippen LogP contribution in [0.25, 0.3) is 0 Å². The summed E-state index contributed by atoms with van der Waals surface area (Å²) < 4.78 is 0. The molecule has 0 aliphatic carbocycles. The minimum absolute atomic E-state index is 0.153. The van der Waals surface area contributed by atoms with Crippen LogP contribution in [0, 0.1) is 0 Å². The van der Waals surface area contributed by atoms with E-state index in [1.807, 2.05) is 0 Å². The summed E-state index contributed by atoms with van der Waals surface area (Å²) in [7, 11) is 0. The van der Waals surface area contributed by atoms with Crippen LogP contribution in [0.3, 0.4) is 0 Å². The topological polar surface area (TPSA) is 152 Å². The molecule has 0 atom stereocenters. The Hall–Kier alpha value is -1.67. The Morgan fingerprint density at radius 3 is 1.00 bits per heavy atom. The molecule has 0 aromatic carbocycles. The normalized spacial score (nSPS) is 7.69. The Bertz CT molecular complexity index is 180. The predicted octanol–water partition coefficient (Wildman–Crippen LogP) is -1.00. The molecule has 0 aromatic heterocycles. The Balaban J connectivity index is -0.000000162. The van der Waals surface area contributed by atoms with E-state index in [4.69, 9.17) is 30.3 Å². The van der Waals surface area contributed by atoms with E-state index in [-0.39, 0.29) is 26.1 Å². The van der Waals surface area contributed by atoms with Crippen molar-refractivity contribution in [1.29, 1.82) is 0 Å². The zero-order valence-corrected chi connectivity index (χ0v) is 8.79. The lowest BCUT2D eigenvalue weighted by Gasteiger charge is -1.80. The third-order valence-electron chi connectivity index (χ3n) is 0.651. The number of hydrogen-bond acceptors (Lipinski definition) is 5. The second-order valence-electron chi connectivity index (χ2n) is 2.25. The van der Waals surface area contributed by atoms with Crippen molar-refractivity contribution in [3.8, 4) is 0 Å². The summed E-state index contributed by atoms with van der Waals surface area (Å²) in [5.74, 6) is -2.75. The number of hydrogen-bond donors (Lipinski definition) is 5. The summed E-state index contributed by atoms with van der Waals surface area (Å²) in [5.41, 5.74) is 0. The summed E-state index contributed by atoms with van der Waals surface area (Å²) in [5, 5.41) is 38.6. The molecule has 5 N–H and O–H groups in total. The molecule has 96 valence electrons. The first-order valence-corrected chi connectivity index (χ1v) is 4.12. The number of rotatable bonds is 4. The fraction of sp³-hybridized carbons (Fsp3) is 0.625. The fourth-order valence-corrected chi connectivity index (χ4v) is 0.191. The standard InChI is InChI=1S/2C3H6O3.C2H4O2/c2*4-2-1-3(5)6;1-2(3)4/h2*4H,1-2H2,(H,5,6);1H3,(H,3,4). The van der Waals surface area contributed by atoms with Crippen molar-refractivity contribution in [3.05, 3.63) is 0 Å². The van der Waals surface area contributed by atoms with Gasteiger partial charge >= 0.3 is 11.9 Å². The molecule has 0 unspecified atom stereocenters. The molecular weight excluding hydrogens is 224 g/mol. The van der Waals surface area contributed by atoms with E-state index >= 15 is 0 Å². The Morgan fingerprint density at radius 1 is 0.812 bits per heavy atom. The van der Waals surface area contributed by atoms with Gasteiger partial charge in [0.2, 0.25) is 0 Å². The first-order valence-electron chi connectivity index (χ1n) is 4.12. The number of carboxylic acid groups (broad SMARTS) is 3. The van der Waals surface area contributed by atoms with Gasteiger partial charge in [-0.1, -0.05) is 0 Å². The van der Waals surface area contributed by atoms with Gasteiger partial charge in [0.25, 0.3) is 5.97 Å². The van der Waals surface area contributed by atoms with Crippen LogP contribution in [0.1, 0.15) is 19.8 Å². The number of carboxylic acids is 3. The SMILES string of the molecule is CC(=O)O.O=C(O)CCO.O=C(O)CCO. The average molecular weight is 240 g/mol. The van der Waals surface area contributed by atoms with Crippen LogP contribution >= 0.6 is 0 Å². The van der Waals surface area contributed by atoms with Crippen LogP contribution in [0.5, 0.6) is 0 Å². The lowest BCUT2D eigenvalue weighted by molar-refractivity contribution is -0.138. The minimum atomic E-state index is -0.961. The maximum absolute atomic E-state index is 9.44. The molecule has 0 spiro atoms. The molecule has 0 aromatic rings. The molecule has 0 heterocycles. The highest BCUT2D eigenvalue weighted by Gasteiger charge is 1.89. The maximum Gasteiger partial charge on any atom is 0.305 e. The van der Waals surface area contributed by atoms with E-state index in [0.717, 1.165) is 6.92 Å². The number of aliphatic hydroxyl groups excluding tert-OH is 2. The molecule has 0 radical (unpaired) electrons.